The summed E-state index contributed by atoms with van der Waals surface area (Å²) in [6.45, 7) is 5.38. The van der Waals surface area contributed by atoms with Crippen molar-refractivity contribution in [1.29, 1.82) is 0 Å². The van der Waals surface area contributed by atoms with Crippen molar-refractivity contribution in [3.8, 4) is 0 Å². The van der Waals surface area contributed by atoms with Gasteiger partial charge in [-0.25, -0.2) is 0 Å². The number of hydrogen-bond donors (Lipinski definition) is 2. The van der Waals surface area contributed by atoms with Crippen LogP contribution in [0.3, 0.4) is 0 Å². The predicted molar refractivity (Wildman–Crippen MR) is 78.0 cm³/mol. The molecule has 1 aliphatic heterocycles. The van der Waals surface area contributed by atoms with Crippen molar-refractivity contribution in [2.45, 2.75) is 13.3 Å². The number of hydrogen-bond acceptors (Lipinski definition) is 3. The van der Waals surface area contributed by atoms with Gasteiger partial charge in [0.1, 0.15) is 0 Å². The number of benzene rings is 1. The molecule has 0 atom stereocenters. The zero-order chi connectivity index (χ0) is 13.0. The van der Waals surface area contributed by atoms with Gasteiger partial charge in [-0.1, -0.05) is 30.1 Å². The van der Waals surface area contributed by atoms with Crippen molar-refractivity contribution in [1.82, 2.24) is 10.3 Å². The molecule has 0 fully saturated rings. The molecule has 0 unspecified atom stereocenters. The average molecular weight is 286 g/mol. The molecule has 0 saturated carbocycles. The van der Waals surface area contributed by atoms with Crippen LogP contribution in [0.5, 0.6) is 0 Å². The second-order valence-corrected chi connectivity index (χ2v) is 5.07. The first-order chi connectivity index (χ1) is 8.69. The molecule has 1 aromatic carbocycles. The third-order valence-electron chi connectivity index (χ3n) is 3.03. The highest BCUT2D eigenvalue weighted by molar-refractivity contribution is 6.42. The van der Waals surface area contributed by atoms with Gasteiger partial charge in [-0.15, -0.1) is 0 Å². The van der Waals surface area contributed by atoms with E-state index in [9.17, 15) is 0 Å². The Balaban J connectivity index is 1.88. The predicted octanol–water partition coefficient (Wildman–Crippen LogP) is 3.52. The van der Waals surface area contributed by atoms with E-state index in [1.54, 1.807) is 12.1 Å². The first kappa shape index (κ1) is 13.5. The fraction of sp³-hybridized carbons (Fsp3) is 0.385. The fourth-order valence-electron chi connectivity index (χ4n) is 1.84. The number of likely N-dealkylation sites (N-methyl/N-ethyl adjacent to an activating group) is 1. The lowest BCUT2D eigenvalue weighted by Crippen LogP contribution is -2.33. The van der Waals surface area contributed by atoms with E-state index in [0.29, 0.717) is 10.0 Å². The van der Waals surface area contributed by atoms with Crippen molar-refractivity contribution < 1.29 is 0 Å². The Hall–Kier alpha value is -0.900. The Morgan fingerprint density at radius 2 is 2.06 bits per heavy atom. The molecule has 18 heavy (non-hydrogen) atoms. The zero-order valence-electron chi connectivity index (χ0n) is 10.3. The highest BCUT2D eigenvalue weighted by Crippen LogP contribution is 2.24. The molecular formula is C13H17Cl2N3. The number of nitrogens with one attached hydrogen (secondary N) is 2. The van der Waals surface area contributed by atoms with Crippen LogP contribution in [0, 0.1) is 0 Å². The Morgan fingerprint density at radius 1 is 1.22 bits per heavy atom. The maximum Gasteiger partial charge on any atom is 0.0613 e. The SMILES string of the molecule is CCN1CC=C(NNc2ccc(Cl)c(Cl)c2)CC1. The molecule has 5 heteroatoms. The summed E-state index contributed by atoms with van der Waals surface area (Å²) in [5, 5.41) is 1.12. The molecule has 1 aromatic rings. The van der Waals surface area contributed by atoms with Crippen LogP contribution >= 0.6 is 23.2 Å². The quantitative estimate of drug-likeness (QED) is 0.829. The molecule has 2 rings (SSSR count). The summed E-state index contributed by atoms with van der Waals surface area (Å²) < 4.78 is 0. The molecule has 0 radical (unpaired) electrons. The van der Waals surface area contributed by atoms with E-state index in [1.165, 1.54) is 5.70 Å². The van der Waals surface area contributed by atoms with Crippen LogP contribution in [0.25, 0.3) is 0 Å². The van der Waals surface area contributed by atoms with Crippen LogP contribution in [0.1, 0.15) is 13.3 Å². The number of hydrazine groups is 1. The summed E-state index contributed by atoms with van der Waals surface area (Å²) in [6.07, 6.45) is 3.24. The van der Waals surface area contributed by atoms with Gasteiger partial charge in [0.05, 0.1) is 15.7 Å². The van der Waals surface area contributed by atoms with E-state index >= 15 is 0 Å². The Labute approximate surface area is 118 Å². The highest BCUT2D eigenvalue weighted by Gasteiger charge is 2.09. The first-order valence-electron chi connectivity index (χ1n) is 6.07. The monoisotopic (exact) mass is 285 g/mol. The van der Waals surface area contributed by atoms with Gasteiger partial charge in [-0.05, 0) is 30.8 Å². The molecule has 2 N–H and O–H groups in total. The smallest absolute Gasteiger partial charge is 0.0613 e. The summed E-state index contributed by atoms with van der Waals surface area (Å²) >= 11 is 11.8. The van der Waals surface area contributed by atoms with Gasteiger partial charge in [0.25, 0.3) is 0 Å². The number of halogens is 2. The van der Waals surface area contributed by atoms with Crippen molar-refractivity contribution in [2.24, 2.45) is 0 Å². The molecule has 0 aliphatic carbocycles. The summed E-state index contributed by atoms with van der Waals surface area (Å²) in [5.41, 5.74) is 8.47. The maximum absolute atomic E-state index is 5.95. The van der Waals surface area contributed by atoms with Crippen LogP contribution in [-0.2, 0) is 0 Å². The van der Waals surface area contributed by atoms with Crippen LogP contribution in [0.4, 0.5) is 5.69 Å². The summed E-state index contributed by atoms with van der Waals surface area (Å²) in [4.78, 5) is 2.39. The molecule has 98 valence electrons. The molecule has 3 nitrogen and oxygen atoms in total. The fourth-order valence-corrected chi connectivity index (χ4v) is 2.14. The third kappa shape index (κ3) is 3.55. The van der Waals surface area contributed by atoms with Crippen LogP contribution in [0.2, 0.25) is 10.0 Å². The van der Waals surface area contributed by atoms with E-state index in [1.807, 2.05) is 6.07 Å². The number of anilines is 1. The molecule has 0 saturated heterocycles. The second-order valence-electron chi connectivity index (χ2n) is 4.25. The van der Waals surface area contributed by atoms with Gasteiger partial charge in [0, 0.05) is 25.2 Å². The van der Waals surface area contributed by atoms with Crippen LogP contribution < -0.4 is 10.9 Å². The molecule has 1 aliphatic rings. The Morgan fingerprint density at radius 3 is 2.67 bits per heavy atom. The normalized spacial score (nSPS) is 16.3. The van der Waals surface area contributed by atoms with Crippen molar-refractivity contribution >= 4 is 28.9 Å². The molecule has 0 spiro atoms. The largest absolute Gasteiger partial charge is 0.305 e. The van der Waals surface area contributed by atoms with E-state index in [4.69, 9.17) is 23.2 Å². The molecular weight excluding hydrogens is 269 g/mol. The van der Waals surface area contributed by atoms with Crippen molar-refractivity contribution in [3.05, 3.63) is 40.0 Å². The van der Waals surface area contributed by atoms with Gasteiger partial charge in [0.2, 0.25) is 0 Å². The van der Waals surface area contributed by atoms with Crippen LogP contribution in [-0.4, -0.2) is 24.5 Å². The molecule has 0 bridgehead atoms. The second kappa shape index (κ2) is 6.32. The minimum absolute atomic E-state index is 0.554. The van der Waals surface area contributed by atoms with Crippen molar-refractivity contribution in [3.63, 3.8) is 0 Å². The van der Waals surface area contributed by atoms with E-state index < -0.39 is 0 Å². The first-order valence-corrected chi connectivity index (χ1v) is 6.83. The van der Waals surface area contributed by atoms with Gasteiger partial charge < -0.3 is 10.9 Å². The zero-order valence-corrected chi connectivity index (χ0v) is 11.9. The minimum atomic E-state index is 0.554. The van der Waals surface area contributed by atoms with Crippen molar-refractivity contribution in [2.75, 3.05) is 25.1 Å². The number of rotatable bonds is 4. The van der Waals surface area contributed by atoms with E-state index in [0.717, 1.165) is 31.7 Å². The summed E-state index contributed by atoms with van der Waals surface area (Å²) in [5.74, 6) is 0. The maximum atomic E-state index is 5.95. The highest BCUT2D eigenvalue weighted by atomic mass is 35.5. The summed E-state index contributed by atoms with van der Waals surface area (Å²) in [7, 11) is 0. The topological polar surface area (TPSA) is 27.3 Å². The molecule has 1 heterocycles. The Bertz CT molecular complexity index is 446. The molecule has 0 aromatic heterocycles. The Kier molecular flexibility index (Phi) is 4.75. The lowest BCUT2D eigenvalue weighted by atomic mass is 10.2. The summed E-state index contributed by atoms with van der Waals surface area (Å²) in [6, 6.07) is 5.48. The van der Waals surface area contributed by atoms with E-state index in [2.05, 4.69) is 28.8 Å². The van der Waals surface area contributed by atoms with Gasteiger partial charge in [-0.3, -0.25) is 4.90 Å². The van der Waals surface area contributed by atoms with Gasteiger partial charge >= 0.3 is 0 Å². The lowest BCUT2D eigenvalue weighted by molar-refractivity contribution is 0.306. The van der Waals surface area contributed by atoms with Crippen LogP contribution in [0.15, 0.2) is 30.0 Å². The number of nitrogens with zero attached hydrogens (tertiary/aromatic N) is 1. The average Bonchev–Trinajstić information content (AvgIpc) is 2.41. The standard InChI is InChI=1S/C13H17Cl2N3/c1-2-18-7-5-10(6-8-18)16-17-11-3-4-12(14)13(15)9-11/h3-5,9,16-17H,2,6-8H2,1H3. The minimum Gasteiger partial charge on any atom is -0.305 e. The lowest BCUT2D eigenvalue weighted by Gasteiger charge is -2.25. The van der Waals surface area contributed by atoms with E-state index in [-0.39, 0.29) is 0 Å². The third-order valence-corrected chi connectivity index (χ3v) is 3.77. The molecule has 0 amide bonds. The van der Waals surface area contributed by atoms with Gasteiger partial charge in [-0.2, -0.15) is 0 Å². The van der Waals surface area contributed by atoms with Gasteiger partial charge in [0.15, 0.2) is 0 Å².